The lowest BCUT2D eigenvalue weighted by Crippen LogP contribution is -2.43. The van der Waals surface area contributed by atoms with Gasteiger partial charge in [0.1, 0.15) is 5.75 Å². The molecule has 1 aliphatic carbocycles. The van der Waals surface area contributed by atoms with Crippen molar-refractivity contribution in [1.29, 1.82) is 0 Å². The predicted octanol–water partition coefficient (Wildman–Crippen LogP) is 3.50. The molecule has 1 saturated heterocycles. The SMILES string of the molecule is CCNC(=NCC(c1ccc(OC)cc1)N1CCCCC1)NC1CC=CC1. The number of rotatable bonds is 7. The quantitative estimate of drug-likeness (QED) is 0.438. The molecule has 1 heterocycles. The fourth-order valence-corrected chi connectivity index (χ4v) is 3.91. The first kappa shape index (κ1) is 19.7. The van der Waals surface area contributed by atoms with Crippen LogP contribution in [0, 0.1) is 0 Å². The maximum absolute atomic E-state index is 5.33. The summed E-state index contributed by atoms with van der Waals surface area (Å²) < 4.78 is 5.33. The third-order valence-electron chi connectivity index (χ3n) is 5.45. The van der Waals surface area contributed by atoms with E-state index in [1.54, 1.807) is 7.11 Å². The minimum atomic E-state index is 0.313. The van der Waals surface area contributed by atoms with Crippen molar-refractivity contribution in [1.82, 2.24) is 15.5 Å². The van der Waals surface area contributed by atoms with E-state index in [-0.39, 0.29) is 0 Å². The molecule has 0 aromatic heterocycles. The topological polar surface area (TPSA) is 48.9 Å². The zero-order valence-electron chi connectivity index (χ0n) is 16.8. The molecular weight excluding hydrogens is 336 g/mol. The van der Waals surface area contributed by atoms with E-state index in [1.807, 2.05) is 0 Å². The second-order valence-corrected chi connectivity index (χ2v) is 7.39. The molecule has 27 heavy (non-hydrogen) atoms. The Labute approximate surface area is 163 Å². The van der Waals surface area contributed by atoms with Crippen molar-refractivity contribution >= 4 is 5.96 Å². The monoisotopic (exact) mass is 370 g/mol. The van der Waals surface area contributed by atoms with Crippen LogP contribution in [0.5, 0.6) is 5.75 Å². The molecule has 1 fully saturated rings. The van der Waals surface area contributed by atoms with Gasteiger partial charge in [-0.1, -0.05) is 30.7 Å². The normalized spacial score (nSPS) is 19.9. The molecule has 2 N–H and O–H groups in total. The summed E-state index contributed by atoms with van der Waals surface area (Å²) in [5.41, 5.74) is 1.32. The van der Waals surface area contributed by atoms with Gasteiger partial charge in [0, 0.05) is 12.6 Å². The Balaban J connectivity index is 1.73. The van der Waals surface area contributed by atoms with Crippen molar-refractivity contribution in [3.63, 3.8) is 0 Å². The van der Waals surface area contributed by atoms with Gasteiger partial charge in [-0.05, 0) is 63.4 Å². The maximum Gasteiger partial charge on any atom is 0.191 e. The predicted molar refractivity (Wildman–Crippen MR) is 112 cm³/mol. The van der Waals surface area contributed by atoms with Crippen molar-refractivity contribution in [2.24, 2.45) is 4.99 Å². The summed E-state index contributed by atoms with van der Waals surface area (Å²) in [4.78, 5) is 7.56. The number of methoxy groups -OCH3 is 1. The van der Waals surface area contributed by atoms with Crippen molar-refractivity contribution in [3.05, 3.63) is 42.0 Å². The van der Waals surface area contributed by atoms with E-state index in [1.165, 1.54) is 24.8 Å². The molecule has 0 radical (unpaired) electrons. The molecule has 0 spiro atoms. The van der Waals surface area contributed by atoms with Gasteiger partial charge >= 0.3 is 0 Å². The molecule has 1 aromatic carbocycles. The van der Waals surface area contributed by atoms with Crippen LogP contribution < -0.4 is 15.4 Å². The van der Waals surface area contributed by atoms with E-state index in [0.29, 0.717) is 12.1 Å². The fraction of sp³-hybridized carbons (Fsp3) is 0.591. The molecule has 0 bridgehead atoms. The van der Waals surface area contributed by atoms with Gasteiger partial charge in [-0.2, -0.15) is 0 Å². The molecule has 1 unspecified atom stereocenters. The molecular formula is C22H34N4O. The number of ether oxygens (including phenoxy) is 1. The average molecular weight is 371 g/mol. The molecule has 1 aliphatic heterocycles. The van der Waals surface area contributed by atoms with E-state index in [4.69, 9.17) is 9.73 Å². The number of hydrogen-bond acceptors (Lipinski definition) is 3. The molecule has 5 nitrogen and oxygen atoms in total. The number of hydrogen-bond donors (Lipinski definition) is 2. The van der Waals surface area contributed by atoms with Crippen LogP contribution in [-0.4, -0.2) is 50.2 Å². The van der Waals surface area contributed by atoms with Crippen LogP contribution in [0.2, 0.25) is 0 Å². The second-order valence-electron chi connectivity index (χ2n) is 7.39. The highest BCUT2D eigenvalue weighted by Gasteiger charge is 2.22. The largest absolute Gasteiger partial charge is 0.497 e. The van der Waals surface area contributed by atoms with Crippen LogP contribution in [0.4, 0.5) is 0 Å². The molecule has 3 rings (SSSR count). The van der Waals surface area contributed by atoms with Gasteiger partial charge in [-0.15, -0.1) is 0 Å². The van der Waals surface area contributed by atoms with Gasteiger partial charge in [0.2, 0.25) is 0 Å². The third kappa shape index (κ3) is 5.73. The first-order chi connectivity index (χ1) is 13.3. The maximum atomic E-state index is 5.33. The lowest BCUT2D eigenvalue weighted by Gasteiger charge is -2.34. The summed E-state index contributed by atoms with van der Waals surface area (Å²) in [6.07, 6.45) is 10.6. The summed E-state index contributed by atoms with van der Waals surface area (Å²) in [7, 11) is 1.72. The van der Waals surface area contributed by atoms with Crippen molar-refractivity contribution in [2.75, 3.05) is 33.3 Å². The fourth-order valence-electron chi connectivity index (χ4n) is 3.91. The number of benzene rings is 1. The average Bonchev–Trinajstić information content (AvgIpc) is 3.22. The Morgan fingerprint density at radius 3 is 2.48 bits per heavy atom. The minimum Gasteiger partial charge on any atom is -0.497 e. The minimum absolute atomic E-state index is 0.313. The highest BCUT2D eigenvalue weighted by Crippen LogP contribution is 2.26. The van der Waals surface area contributed by atoms with Crippen molar-refractivity contribution in [3.8, 4) is 5.75 Å². The zero-order chi connectivity index (χ0) is 18.9. The molecule has 0 saturated carbocycles. The Hall–Kier alpha value is -2.01. The number of guanidine groups is 1. The molecule has 1 aromatic rings. The van der Waals surface area contributed by atoms with Gasteiger partial charge in [-0.3, -0.25) is 9.89 Å². The molecule has 148 valence electrons. The molecule has 1 atom stereocenters. The van der Waals surface area contributed by atoms with Crippen LogP contribution in [0.25, 0.3) is 0 Å². The third-order valence-corrected chi connectivity index (χ3v) is 5.45. The Bertz CT molecular complexity index is 612. The van der Waals surface area contributed by atoms with Crippen LogP contribution in [0.1, 0.15) is 50.6 Å². The van der Waals surface area contributed by atoms with Gasteiger partial charge in [-0.25, -0.2) is 0 Å². The summed E-state index contributed by atoms with van der Waals surface area (Å²) in [6, 6.07) is 9.28. The van der Waals surface area contributed by atoms with E-state index < -0.39 is 0 Å². The summed E-state index contributed by atoms with van der Waals surface area (Å²) in [6.45, 7) is 6.08. The number of piperidine rings is 1. The van der Waals surface area contributed by atoms with Crippen LogP contribution in [0.3, 0.4) is 0 Å². The lowest BCUT2D eigenvalue weighted by molar-refractivity contribution is 0.167. The molecule has 5 heteroatoms. The second kappa shape index (κ2) is 10.4. The van der Waals surface area contributed by atoms with E-state index in [2.05, 4.69) is 58.9 Å². The van der Waals surface area contributed by atoms with Crippen LogP contribution >= 0.6 is 0 Å². The Morgan fingerprint density at radius 1 is 1.15 bits per heavy atom. The zero-order valence-corrected chi connectivity index (χ0v) is 16.8. The summed E-state index contributed by atoms with van der Waals surface area (Å²) in [5, 5.41) is 6.99. The number of nitrogens with one attached hydrogen (secondary N) is 2. The van der Waals surface area contributed by atoms with Gasteiger partial charge in [0.15, 0.2) is 5.96 Å². The lowest BCUT2D eigenvalue weighted by atomic mass is 10.0. The molecule has 2 aliphatic rings. The van der Waals surface area contributed by atoms with Crippen molar-refractivity contribution < 1.29 is 4.74 Å². The smallest absolute Gasteiger partial charge is 0.191 e. The van der Waals surface area contributed by atoms with E-state index in [9.17, 15) is 0 Å². The van der Waals surface area contributed by atoms with Crippen molar-refractivity contribution in [2.45, 2.75) is 51.1 Å². The molecule has 0 amide bonds. The standard InChI is InChI=1S/C22H34N4O/c1-3-23-22(25-19-9-5-6-10-19)24-17-21(26-15-7-4-8-16-26)18-11-13-20(27-2)14-12-18/h5-6,11-14,19,21H,3-4,7-10,15-17H2,1-2H3,(H2,23,24,25). The summed E-state index contributed by atoms with van der Waals surface area (Å²) >= 11 is 0. The van der Waals surface area contributed by atoms with Gasteiger partial charge in [0.25, 0.3) is 0 Å². The van der Waals surface area contributed by atoms with Gasteiger partial charge < -0.3 is 15.4 Å². The first-order valence-electron chi connectivity index (χ1n) is 10.4. The first-order valence-corrected chi connectivity index (χ1v) is 10.4. The number of aliphatic imine (C=N–C) groups is 1. The van der Waals surface area contributed by atoms with Crippen LogP contribution in [-0.2, 0) is 0 Å². The van der Waals surface area contributed by atoms with Gasteiger partial charge in [0.05, 0.1) is 19.7 Å². The van der Waals surface area contributed by atoms with Crippen LogP contribution in [0.15, 0.2) is 41.4 Å². The highest BCUT2D eigenvalue weighted by molar-refractivity contribution is 5.80. The Morgan fingerprint density at radius 2 is 1.85 bits per heavy atom. The summed E-state index contributed by atoms with van der Waals surface area (Å²) in [5.74, 6) is 1.84. The van der Waals surface area contributed by atoms with E-state index >= 15 is 0 Å². The number of likely N-dealkylation sites (tertiary alicyclic amines) is 1. The highest BCUT2D eigenvalue weighted by atomic mass is 16.5. The van der Waals surface area contributed by atoms with E-state index in [0.717, 1.165) is 50.7 Å². The number of nitrogens with zero attached hydrogens (tertiary/aromatic N) is 2. The Kier molecular flexibility index (Phi) is 7.57.